The highest BCUT2D eigenvalue weighted by molar-refractivity contribution is 6.33. The van der Waals surface area contributed by atoms with Gasteiger partial charge in [-0.3, -0.25) is 0 Å². The van der Waals surface area contributed by atoms with Crippen LogP contribution in [0.2, 0.25) is 10.3 Å². The van der Waals surface area contributed by atoms with Crippen molar-refractivity contribution in [2.24, 2.45) is 5.92 Å². The number of carboxylic acid groups (broad SMARTS) is 1. The fourth-order valence-corrected chi connectivity index (χ4v) is 3.60. The first-order chi connectivity index (χ1) is 11.2. The summed E-state index contributed by atoms with van der Waals surface area (Å²) in [7, 11) is 0. The van der Waals surface area contributed by atoms with Gasteiger partial charge in [-0.25, -0.2) is 4.79 Å². The van der Waals surface area contributed by atoms with Crippen LogP contribution < -0.4 is 4.74 Å². The Balaban J connectivity index is 1.87. The van der Waals surface area contributed by atoms with E-state index in [2.05, 4.69) is 9.97 Å². The topological polar surface area (TPSA) is 75.6 Å². The van der Waals surface area contributed by atoms with Crippen LogP contribution in [0, 0.1) is 5.92 Å². The van der Waals surface area contributed by atoms with Crippen LogP contribution in [0.25, 0.3) is 0 Å². The Hall–Kier alpha value is -1.27. The average Bonchev–Trinajstić information content (AvgIpc) is 2.43. The summed E-state index contributed by atoms with van der Waals surface area (Å²) in [6.45, 7) is 6.26. The highest BCUT2D eigenvalue weighted by atomic mass is 35.5. The molecule has 1 amide bonds. The highest BCUT2D eigenvalue weighted by Crippen LogP contribution is 2.31. The second kappa shape index (κ2) is 7.74. The maximum Gasteiger partial charge on any atom is 0.407 e. The van der Waals surface area contributed by atoms with Crippen molar-refractivity contribution in [3.8, 4) is 6.01 Å². The molecule has 0 aliphatic heterocycles. The second-order valence-corrected chi connectivity index (χ2v) is 7.88. The molecule has 0 unspecified atom stereocenters. The van der Waals surface area contributed by atoms with Crippen LogP contribution in [-0.4, -0.2) is 44.3 Å². The smallest absolute Gasteiger partial charge is 0.407 e. The van der Waals surface area contributed by atoms with Crippen LogP contribution in [0.3, 0.4) is 0 Å². The first-order valence-electron chi connectivity index (χ1n) is 8.02. The Morgan fingerprint density at radius 1 is 1.25 bits per heavy atom. The van der Waals surface area contributed by atoms with Crippen molar-refractivity contribution in [1.29, 1.82) is 0 Å². The molecule has 1 fully saturated rings. The quantitative estimate of drug-likeness (QED) is 0.783. The fourth-order valence-electron chi connectivity index (χ4n) is 3.19. The van der Waals surface area contributed by atoms with Crippen LogP contribution in [0.4, 0.5) is 4.79 Å². The van der Waals surface area contributed by atoms with E-state index in [4.69, 9.17) is 27.9 Å². The summed E-state index contributed by atoms with van der Waals surface area (Å²) in [5, 5.41) is 9.98. The number of carbonyl (C=O) groups is 1. The molecule has 1 heterocycles. The molecule has 1 aromatic rings. The van der Waals surface area contributed by atoms with E-state index < -0.39 is 11.6 Å². The van der Waals surface area contributed by atoms with Crippen LogP contribution >= 0.6 is 23.2 Å². The van der Waals surface area contributed by atoms with Gasteiger partial charge in [0.15, 0.2) is 0 Å². The van der Waals surface area contributed by atoms with Crippen molar-refractivity contribution in [3.63, 3.8) is 0 Å². The Bertz CT molecular complexity index is 564. The van der Waals surface area contributed by atoms with Gasteiger partial charge in [0.05, 0.1) is 6.61 Å². The van der Waals surface area contributed by atoms with E-state index in [0.29, 0.717) is 12.5 Å². The lowest BCUT2D eigenvalue weighted by molar-refractivity contribution is 0.0457. The summed E-state index contributed by atoms with van der Waals surface area (Å²) in [5.74, 6) is 0.346. The van der Waals surface area contributed by atoms with Crippen molar-refractivity contribution in [2.45, 2.75) is 58.0 Å². The largest absolute Gasteiger partial charge is 0.465 e. The lowest BCUT2D eigenvalue weighted by atomic mass is 9.84. The summed E-state index contributed by atoms with van der Waals surface area (Å²) in [5.41, 5.74) is -0.398. The summed E-state index contributed by atoms with van der Waals surface area (Å²) in [6, 6.07) is 1.68. The van der Waals surface area contributed by atoms with Gasteiger partial charge >= 0.3 is 12.1 Å². The van der Waals surface area contributed by atoms with Crippen molar-refractivity contribution in [2.75, 3.05) is 6.61 Å². The molecule has 0 aromatic carbocycles. The Morgan fingerprint density at radius 2 is 1.79 bits per heavy atom. The molecule has 0 radical (unpaired) electrons. The summed E-state index contributed by atoms with van der Waals surface area (Å²) < 4.78 is 5.60. The molecule has 134 valence electrons. The first-order valence-corrected chi connectivity index (χ1v) is 8.77. The van der Waals surface area contributed by atoms with E-state index >= 15 is 0 Å². The van der Waals surface area contributed by atoms with E-state index in [1.165, 1.54) is 6.07 Å². The molecular weight excluding hydrogens is 353 g/mol. The van der Waals surface area contributed by atoms with Crippen molar-refractivity contribution >= 4 is 29.3 Å². The lowest BCUT2D eigenvalue weighted by Gasteiger charge is -2.42. The van der Waals surface area contributed by atoms with Crippen molar-refractivity contribution in [3.05, 3.63) is 16.4 Å². The zero-order valence-electron chi connectivity index (χ0n) is 14.1. The maximum absolute atomic E-state index is 11.6. The number of rotatable bonds is 4. The molecule has 24 heavy (non-hydrogen) atoms. The number of aromatic nitrogens is 2. The number of halogens is 2. The molecule has 1 aliphatic rings. The summed E-state index contributed by atoms with van der Waals surface area (Å²) >= 11 is 11.6. The molecule has 1 aliphatic carbocycles. The van der Waals surface area contributed by atoms with Crippen LogP contribution in [-0.2, 0) is 0 Å². The molecule has 8 heteroatoms. The predicted molar refractivity (Wildman–Crippen MR) is 92.9 cm³/mol. The summed E-state index contributed by atoms with van der Waals surface area (Å²) in [4.78, 5) is 21.1. The Labute approximate surface area is 152 Å². The third-order valence-corrected chi connectivity index (χ3v) is 4.59. The van der Waals surface area contributed by atoms with Crippen LogP contribution in [0.15, 0.2) is 6.07 Å². The van der Waals surface area contributed by atoms with Gasteiger partial charge in [0.25, 0.3) is 0 Å². The molecule has 2 rings (SSSR count). The number of nitrogens with zero attached hydrogens (tertiary/aromatic N) is 3. The number of hydrogen-bond acceptors (Lipinski definition) is 4. The van der Waals surface area contributed by atoms with Gasteiger partial charge in [0, 0.05) is 17.6 Å². The summed E-state index contributed by atoms with van der Waals surface area (Å²) in [6.07, 6.45) is 2.60. The second-order valence-electron chi connectivity index (χ2n) is 7.10. The van der Waals surface area contributed by atoms with Gasteiger partial charge in [0.2, 0.25) is 0 Å². The van der Waals surface area contributed by atoms with E-state index in [9.17, 15) is 9.90 Å². The third kappa shape index (κ3) is 5.11. The molecule has 1 aromatic heterocycles. The first kappa shape index (κ1) is 19.1. The molecular formula is C16H23Cl2N3O3. The molecule has 0 spiro atoms. The molecule has 0 bridgehead atoms. The van der Waals surface area contributed by atoms with Gasteiger partial charge < -0.3 is 14.7 Å². The SMILES string of the molecule is CC(C)(C)N(C(=O)O)C1CCC(COc2nc(Cl)cc(Cl)n2)CC1. The van der Waals surface area contributed by atoms with Gasteiger partial charge in [-0.15, -0.1) is 0 Å². The Morgan fingerprint density at radius 3 is 2.25 bits per heavy atom. The number of hydrogen-bond donors (Lipinski definition) is 1. The average molecular weight is 376 g/mol. The molecule has 6 nitrogen and oxygen atoms in total. The van der Waals surface area contributed by atoms with Crippen LogP contribution in [0.1, 0.15) is 46.5 Å². The molecule has 1 N–H and O–H groups in total. The lowest BCUT2D eigenvalue weighted by Crippen LogP contribution is -2.52. The van der Waals surface area contributed by atoms with Gasteiger partial charge in [-0.05, 0) is 52.4 Å². The van der Waals surface area contributed by atoms with Crippen molar-refractivity contribution in [1.82, 2.24) is 14.9 Å². The zero-order chi connectivity index (χ0) is 17.9. The van der Waals surface area contributed by atoms with Crippen LogP contribution in [0.5, 0.6) is 6.01 Å². The van der Waals surface area contributed by atoms with E-state index in [-0.39, 0.29) is 22.4 Å². The van der Waals surface area contributed by atoms with Gasteiger partial charge in [0.1, 0.15) is 10.3 Å². The molecule has 0 saturated heterocycles. The minimum atomic E-state index is -0.857. The molecule has 1 saturated carbocycles. The van der Waals surface area contributed by atoms with E-state index in [1.807, 2.05) is 20.8 Å². The normalized spacial score (nSPS) is 21.4. The van der Waals surface area contributed by atoms with Gasteiger partial charge in [-0.1, -0.05) is 23.2 Å². The van der Waals surface area contributed by atoms with E-state index in [0.717, 1.165) is 25.7 Å². The fraction of sp³-hybridized carbons (Fsp3) is 0.688. The zero-order valence-corrected chi connectivity index (χ0v) is 15.6. The van der Waals surface area contributed by atoms with E-state index in [1.54, 1.807) is 4.90 Å². The predicted octanol–water partition coefficient (Wildman–Crippen LogP) is 4.50. The van der Waals surface area contributed by atoms with Gasteiger partial charge in [-0.2, -0.15) is 9.97 Å². The number of ether oxygens (including phenoxy) is 1. The maximum atomic E-state index is 11.6. The Kier molecular flexibility index (Phi) is 6.15. The minimum absolute atomic E-state index is 0.0515. The third-order valence-electron chi connectivity index (χ3n) is 4.20. The molecule has 0 atom stereocenters. The standard InChI is InChI=1S/C16H23Cl2N3O3/c1-16(2,3)21(15(22)23)11-6-4-10(5-7-11)9-24-14-19-12(17)8-13(18)20-14/h8,10-11H,4-7,9H2,1-3H3,(H,22,23). The monoisotopic (exact) mass is 375 g/mol. The van der Waals surface area contributed by atoms with Crippen molar-refractivity contribution < 1.29 is 14.6 Å². The number of amides is 1. The highest BCUT2D eigenvalue weighted by Gasteiger charge is 2.35. The minimum Gasteiger partial charge on any atom is -0.465 e.